The second-order valence-corrected chi connectivity index (χ2v) is 5.97. The van der Waals surface area contributed by atoms with Gasteiger partial charge in [-0.3, -0.25) is 4.79 Å². The van der Waals surface area contributed by atoms with Gasteiger partial charge in [0.15, 0.2) is 5.13 Å². The Balaban J connectivity index is 1.74. The summed E-state index contributed by atoms with van der Waals surface area (Å²) in [7, 11) is 1.72. The molecular weight excluding hydrogens is 276 g/mol. The van der Waals surface area contributed by atoms with E-state index in [2.05, 4.69) is 15.2 Å². The van der Waals surface area contributed by atoms with E-state index in [1.165, 1.54) is 17.8 Å². The van der Waals surface area contributed by atoms with Crippen LogP contribution in [0, 0.1) is 5.92 Å². The number of hydrogen-bond acceptors (Lipinski definition) is 6. The molecule has 6 nitrogen and oxygen atoms in total. The number of aromatic nitrogens is 1. The van der Waals surface area contributed by atoms with Gasteiger partial charge in [0.2, 0.25) is 0 Å². The van der Waals surface area contributed by atoms with Crippen molar-refractivity contribution in [3.05, 3.63) is 11.1 Å². The van der Waals surface area contributed by atoms with Crippen LogP contribution >= 0.6 is 11.3 Å². The highest BCUT2D eigenvalue weighted by molar-refractivity contribution is 7.13. The number of nitrogen functional groups attached to an aromatic ring is 1. The van der Waals surface area contributed by atoms with Gasteiger partial charge < -0.3 is 20.7 Å². The van der Waals surface area contributed by atoms with Crippen LogP contribution in [0.2, 0.25) is 0 Å². The first kappa shape index (κ1) is 15.2. The number of likely N-dealkylation sites (tertiary alicyclic amines) is 1. The van der Waals surface area contributed by atoms with Gasteiger partial charge in [0, 0.05) is 32.1 Å². The van der Waals surface area contributed by atoms with Crippen molar-refractivity contribution in [2.75, 3.05) is 45.6 Å². The molecule has 1 aliphatic rings. The molecule has 20 heavy (non-hydrogen) atoms. The van der Waals surface area contributed by atoms with Gasteiger partial charge in [-0.1, -0.05) is 0 Å². The van der Waals surface area contributed by atoms with E-state index in [4.69, 9.17) is 10.5 Å². The monoisotopic (exact) mass is 298 g/mol. The summed E-state index contributed by atoms with van der Waals surface area (Å²) < 4.78 is 5.11. The SMILES string of the molecule is COCCN1CCCC(CNC(=O)c2csc(N)n2)C1. The molecule has 112 valence electrons. The van der Waals surface area contributed by atoms with E-state index in [1.54, 1.807) is 12.5 Å². The van der Waals surface area contributed by atoms with Crippen LogP contribution in [0.25, 0.3) is 0 Å². The predicted molar refractivity (Wildman–Crippen MR) is 79.9 cm³/mol. The number of carbonyl (C=O) groups excluding carboxylic acids is 1. The molecule has 0 saturated carbocycles. The van der Waals surface area contributed by atoms with Gasteiger partial charge in [-0.05, 0) is 25.3 Å². The molecule has 1 aromatic rings. The van der Waals surface area contributed by atoms with Gasteiger partial charge in [0.05, 0.1) is 6.61 Å². The van der Waals surface area contributed by atoms with Crippen LogP contribution in [0.5, 0.6) is 0 Å². The molecule has 1 amide bonds. The quantitative estimate of drug-likeness (QED) is 0.812. The summed E-state index contributed by atoms with van der Waals surface area (Å²) in [6, 6.07) is 0. The largest absolute Gasteiger partial charge is 0.383 e. The highest BCUT2D eigenvalue weighted by atomic mass is 32.1. The Bertz CT molecular complexity index is 438. The summed E-state index contributed by atoms with van der Waals surface area (Å²) in [5.41, 5.74) is 5.95. The van der Waals surface area contributed by atoms with Crippen molar-refractivity contribution < 1.29 is 9.53 Å². The Hall–Kier alpha value is -1.18. The number of ether oxygens (including phenoxy) is 1. The molecule has 0 spiro atoms. The van der Waals surface area contributed by atoms with E-state index in [9.17, 15) is 4.79 Å². The van der Waals surface area contributed by atoms with E-state index in [0.717, 1.165) is 32.7 Å². The molecule has 0 aromatic carbocycles. The molecule has 1 aromatic heterocycles. The number of amides is 1. The fraction of sp³-hybridized carbons (Fsp3) is 0.692. The molecule has 1 saturated heterocycles. The molecule has 0 aliphatic carbocycles. The number of nitrogens with zero attached hydrogens (tertiary/aromatic N) is 2. The topological polar surface area (TPSA) is 80.5 Å². The van der Waals surface area contributed by atoms with Crippen LogP contribution < -0.4 is 11.1 Å². The molecule has 0 radical (unpaired) electrons. The lowest BCUT2D eigenvalue weighted by molar-refractivity contribution is 0.0909. The minimum Gasteiger partial charge on any atom is -0.383 e. The van der Waals surface area contributed by atoms with Crippen molar-refractivity contribution in [2.24, 2.45) is 5.92 Å². The first-order chi connectivity index (χ1) is 9.69. The number of nitrogens with one attached hydrogen (secondary N) is 1. The molecule has 1 atom stereocenters. The zero-order valence-corrected chi connectivity index (χ0v) is 12.6. The molecule has 2 heterocycles. The summed E-state index contributed by atoms with van der Waals surface area (Å²) in [6.07, 6.45) is 2.33. The first-order valence-electron chi connectivity index (χ1n) is 6.89. The Kier molecular flexibility index (Phi) is 5.75. The van der Waals surface area contributed by atoms with Gasteiger partial charge >= 0.3 is 0 Å². The van der Waals surface area contributed by atoms with Crippen molar-refractivity contribution in [1.29, 1.82) is 0 Å². The number of piperidine rings is 1. The van der Waals surface area contributed by atoms with E-state index >= 15 is 0 Å². The van der Waals surface area contributed by atoms with E-state index < -0.39 is 0 Å². The fourth-order valence-electron chi connectivity index (χ4n) is 2.46. The third kappa shape index (κ3) is 4.43. The first-order valence-corrected chi connectivity index (χ1v) is 7.77. The van der Waals surface area contributed by atoms with Crippen molar-refractivity contribution in [2.45, 2.75) is 12.8 Å². The van der Waals surface area contributed by atoms with Crippen molar-refractivity contribution >= 4 is 22.4 Å². The average Bonchev–Trinajstić information content (AvgIpc) is 2.90. The average molecular weight is 298 g/mol. The Morgan fingerprint density at radius 1 is 1.70 bits per heavy atom. The summed E-state index contributed by atoms with van der Waals surface area (Å²) in [5.74, 6) is 0.368. The molecule has 1 fully saturated rings. The van der Waals surface area contributed by atoms with E-state index in [-0.39, 0.29) is 5.91 Å². The molecule has 3 N–H and O–H groups in total. The van der Waals surface area contributed by atoms with E-state index in [1.807, 2.05) is 0 Å². The fourth-order valence-corrected chi connectivity index (χ4v) is 3.00. The standard InChI is InChI=1S/C13H22N4O2S/c1-19-6-5-17-4-2-3-10(8-17)7-15-12(18)11-9-20-13(14)16-11/h9-10H,2-8H2,1H3,(H2,14,16)(H,15,18). The predicted octanol–water partition coefficient (Wildman–Crippen LogP) is 0.814. The molecule has 0 bridgehead atoms. The lowest BCUT2D eigenvalue weighted by atomic mass is 9.98. The number of methoxy groups -OCH3 is 1. The van der Waals surface area contributed by atoms with Crippen LogP contribution in [-0.4, -0.2) is 55.7 Å². The van der Waals surface area contributed by atoms with Crippen LogP contribution in [0.3, 0.4) is 0 Å². The number of rotatable bonds is 6. The maximum Gasteiger partial charge on any atom is 0.270 e. The maximum absolute atomic E-state index is 11.9. The number of nitrogens with two attached hydrogens (primary N) is 1. The van der Waals surface area contributed by atoms with Crippen LogP contribution in [0.1, 0.15) is 23.3 Å². The number of anilines is 1. The van der Waals surface area contributed by atoms with Gasteiger partial charge in [0.25, 0.3) is 5.91 Å². The van der Waals surface area contributed by atoms with Gasteiger partial charge in [0.1, 0.15) is 5.69 Å². The summed E-state index contributed by atoms with van der Waals surface area (Å²) in [5, 5.41) is 5.07. The zero-order chi connectivity index (χ0) is 14.4. The molecule has 7 heteroatoms. The van der Waals surface area contributed by atoms with Crippen molar-refractivity contribution in [3.8, 4) is 0 Å². The third-order valence-electron chi connectivity index (χ3n) is 3.52. The summed E-state index contributed by atoms with van der Waals surface area (Å²) >= 11 is 1.29. The highest BCUT2D eigenvalue weighted by Crippen LogP contribution is 2.16. The molecule has 2 rings (SSSR count). The lowest BCUT2D eigenvalue weighted by Gasteiger charge is -2.32. The van der Waals surface area contributed by atoms with Crippen LogP contribution in [0.4, 0.5) is 5.13 Å². The van der Waals surface area contributed by atoms with Gasteiger partial charge in [-0.2, -0.15) is 0 Å². The Morgan fingerprint density at radius 2 is 2.55 bits per heavy atom. The number of hydrogen-bond donors (Lipinski definition) is 2. The summed E-state index contributed by atoms with van der Waals surface area (Å²) in [4.78, 5) is 18.3. The normalized spacial score (nSPS) is 19.9. The smallest absolute Gasteiger partial charge is 0.270 e. The van der Waals surface area contributed by atoms with Crippen molar-refractivity contribution in [3.63, 3.8) is 0 Å². The van der Waals surface area contributed by atoms with Crippen LogP contribution in [0.15, 0.2) is 5.38 Å². The lowest BCUT2D eigenvalue weighted by Crippen LogP contribution is -2.42. The minimum atomic E-state index is -0.132. The third-order valence-corrected chi connectivity index (χ3v) is 4.19. The zero-order valence-electron chi connectivity index (χ0n) is 11.8. The van der Waals surface area contributed by atoms with Gasteiger partial charge in [-0.15, -0.1) is 11.3 Å². The van der Waals surface area contributed by atoms with Crippen LogP contribution in [-0.2, 0) is 4.74 Å². The second kappa shape index (κ2) is 7.56. The highest BCUT2D eigenvalue weighted by Gasteiger charge is 2.20. The second-order valence-electron chi connectivity index (χ2n) is 5.08. The molecule has 1 aliphatic heterocycles. The Labute approximate surface area is 123 Å². The summed E-state index contributed by atoms with van der Waals surface area (Å²) in [6.45, 7) is 4.56. The molecule has 1 unspecified atom stereocenters. The Morgan fingerprint density at radius 3 is 3.25 bits per heavy atom. The van der Waals surface area contributed by atoms with Gasteiger partial charge in [-0.25, -0.2) is 4.98 Å². The molecular formula is C13H22N4O2S. The van der Waals surface area contributed by atoms with E-state index in [0.29, 0.717) is 23.3 Å². The number of thiazole rings is 1. The number of carbonyl (C=O) groups is 1. The minimum absolute atomic E-state index is 0.132. The maximum atomic E-state index is 11.9. The van der Waals surface area contributed by atoms with Crippen molar-refractivity contribution in [1.82, 2.24) is 15.2 Å².